The fraction of sp³-hybridized carbons (Fsp3) is 0.533. The summed E-state index contributed by atoms with van der Waals surface area (Å²) in [5.74, 6) is 0.00940. The van der Waals surface area contributed by atoms with Crippen molar-refractivity contribution in [1.29, 1.82) is 0 Å². The number of amides is 1. The van der Waals surface area contributed by atoms with Crippen molar-refractivity contribution < 1.29 is 9.90 Å². The van der Waals surface area contributed by atoms with Crippen LogP contribution >= 0.6 is 0 Å². The molecule has 4 nitrogen and oxygen atoms in total. The molecule has 1 fully saturated rings. The fourth-order valence-corrected chi connectivity index (χ4v) is 2.35. The highest BCUT2D eigenvalue weighted by atomic mass is 16.3. The molecule has 2 N–H and O–H groups in total. The third-order valence-corrected chi connectivity index (χ3v) is 3.42. The fourth-order valence-electron chi connectivity index (χ4n) is 2.35. The van der Waals surface area contributed by atoms with E-state index in [0.717, 1.165) is 24.2 Å². The van der Waals surface area contributed by atoms with E-state index in [1.54, 1.807) is 4.90 Å². The van der Waals surface area contributed by atoms with Gasteiger partial charge in [0.05, 0.1) is 11.7 Å². The number of hydrogen-bond acceptors (Lipinski definition) is 3. The summed E-state index contributed by atoms with van der Waals surface area (Å²) in [7, 11) is 0. The van der Waals surface area contributed by atoms with Gasteiger partial charge in [-0.05, 0) is 37.5 Å². The molecule has 1 aromatic carbocycles. The second-order valence-electron chi connectivity index (χ2n) is 5.17. The van der Waals surface area contributed by atoms with E-state index in [4.69, 9.17) is 0 Å². The van der Waals surface area contributed by atoms with Crippen LogP contribution in [-0.4, -0.2) is 41.7 Å². The minimum absolute atomic E-state index is 0.00940. The first kappa shape index (κ1) is 13.9. The zero-order chi connectivity index (χ0) is 13.8. The van der Waals surface area contributed by atoms with Gasteiger partial charge in [0.25, 0.3) is 5.91 Å². The third kappa shape index (κ3) is 3.26. The zero-order valence-corrected chi connectivity index (χ0v) is 11.6. The van der Waals surface area contributed by atoms with Gasteiger partial charge in [0, 0.05) is 25.3 Å². The maximum Gasteiger partial charge on any atom is 0.256 e. The summed E-state index contributed by atoms with van der Waals surface area (Å²) in [6, 6.07) is 5.84. The molecular formula is C15H22N2O2. The molecule has 1 aliphatic heterocycles. The minimum atomic E-state index is -0.374. The van der Waals surface area contributed by atoms with Crippen LogP contribution in [0.4, 0.5) is 5.69 Å². The Morgan fingerprint density at radius 3 is 2.95 bits per heavy atom. The van der Waals surface area contributed by atoms with Gasteiger partial charge in [0.2, 0.25) is 0 Å². The van der Waals surface area contributed by atoms with E-state index >= 15 is 0 Å². The quantitative estimate of drug-likeness (QED) is 0.873. The number of aliphatic hydroxyl groups is 1. The lowest BCUT2D eigenvalue weighted by Crippen LogP contribution is -2.30. The number of rotatable bonds is 4. The minimum Gasteiger partial charge on any atom is -0.391 e. The molecule has 2 rings (SSSR count). The van der Waals surface area contributed by atoms with Crippen LogP contribution in [0.15, 0.2) is 18.2 Å². The number of hydrogen-bond donors (Lipinski definition) is 2. The molecule has 1 saturated heterocycles. The monoisotopic (exact) mass is 262 g/mol. The molecule has 1 atom stereocenters. The lowest BCUT2D eigenvalue weighted by molar-refractivity contribution is 0.0766. The van der Waals surface area contributed by atoms with Gasteiger partial charge in [0.15, 0.2) is 0 Å². The summed E-state index contributed by atoms with van der Waals surface area (Å²) < 4.78 is 0. The van der Waals surface area contributed by atoms with Gasteiger partial charge in [-0.3, -0.25) is 4.79 Å². The van der Waals surface area contributed by atoms with Crippen molar-refractivity contribution >= 4 is 11.6 Å². The van der Waals surface area contributed by atoms with Crippen LogP contribution in [0.1, 0.15) is 35.7 Å². The first-order valence-corrected chi connectivity index (χ1v) is 6.93. The van der Waals surface area contributed by atoms with Crippen molar-refractivity contribution in [3.05, 3.63) is 29.3 Å². The predicted molar refractivity (Wildman–Crippen MR) is 76.5 cm³/mol. The smallest absolute Gasteiger partial charge is 0.256 e. The Kier molecular flexibility index (Phi) is 4.43. The largest absolute Gasteiger partial charge is 0.391 e. The van der Waals surface area contributed by atoms with Crippen LogP contribution in [0.3, 0.4) is 0 Å². The Bertz CT molecular complexity index is 459. The van der Waals surface area contributed by atoms with Crippen LogP contribution in [-0.2, 0) is 0 Å². The normalized spacial score (nSPS) is 18.7. The molecule has 0 spiro atoms. The molecule has 1 amide bonds. The number of β-amino-alcohol motifs (C(OH)–C–C–N with tert-alkyl or cyclic N) is 1. The van der Waals surface area contributed by atoms with Gasteiger partial charge in [-0.25, -0.2) is 0 Å². The standard InChI is InChI=1S/C15H22N2O2/c1-3-7-16-14-9-11(2)4-5-13(14)15(19)17-8-6-12(18)10-17/h4-5,9,12,16,18H,3,6-8,10H2,1-2H3. The summed E-state index contributed by atoms with van der Waals surface area (Å²) in [5, 5.41) is 12.9. The number of benzene rings is 1. The second-order valence-corrected chi connectivity index (χ2v) is 5.17. The summed E-state index contributed by atoms with van der Waals surface area (Å²) in [5.41, 5.74) is 2.73. The van der Waals surface area contributed by atoms with Crippen LogP contribution in [0, 0.1) is 6.92 Å². The zero-order valence-electron chi connectivity index (χ0n) is 11.6. The molecule has 0 bridgehead atoms. The average Bonchev–Trinajstić information content (AvgIpc) is 2.82. The number of nitrogens with zero attached hydrogens (tertiary/aromatic N) is 1. The van der Waals surface area contributed by atoms with E-state index < -0.39 is 0 Å². The summed E-state index contributed by atoms with van der Waals surface area (Å²) in [6.45, 7) is 6.06. The van der Waals surface area contributed by atoms with Gasteiger partial charge >= 0.3 is 0 Å². The van der Waals surface area contributed by atoms with Gasteiger partial charge in [0.1, 0.15) is 0 Å². The van der Waals surface area contributed by atoms with Crippen molar-refractivity contribution in [2.75, 3.05) is 25.0 Å². The van der Waals surface area contributed by atoms with Gasteiger partial charge < -0.3 is 15.3 Å². The molecule has 0 aromatic heterocycles. The highest BCUT2D eigenvalue weighted by Crippen LogP contribution is 2.22. The number of aliphatic hydroxyl groups excluding tert-OH is 1. The van der Waals surface area contributed by atoms with Crippen LogP contribution < -0.4 is 5.32 Å². The summed E-state index contributed by atoms with van der Waals surface area (Å²) in [6.07, 6.45) is 1.32. The summed E-state index contributed by atoms with van der Waals surface area (Å²) >= 11 is 0. The van der Waals surface area contributed by atoms with Crippen molar-refractivity contribution in [3.63, 3.8) is 0 Å². The number of nitrogens with one attached hydrogen (secondary N) is 1. The molecule has 0 radical (unpaired) electrons. The molecular weight excluding hydrogens is 240 g/mol. The van der Waals surface area contributed by atoms with E-state index in [9.17, 15) is 9.90 Å². The Morgan fingerprint density at radius 1 is 1.53 bits per heavy atom. The van der Waals surface area contributed by atoms with E-state index in [0.29, 0.717) is 25.1 Å². The molecule has 104 valence electrons. The Balaban J connectivity index is 2.20. The van der Waals surface area contributed by atoms with Crippen molar-refractivity contribution in [1.82, 2.24) is 4.90 Å². The number of anilines is 1. The van der Waals surface area contributed by atoms with Gasteiger partial charge in [-0.15, -0.1) is 0 Å². The molecule has 4 heteroatoms. The van der Waals surface area contributed by atoms with Gasteiger partial charge in [-0.1, -0.05) is 13.0 Å². The van der Waals surface area contributed by atoms with E-state index in [1.807, 2.05) is 25.1 Å². The van der Waals surface area contributed by atoms with E-state index in [-0.39, 0.29) is 12.0 Å². The molecule has 19 heavy (non-hydrogen) atoms. The Morgan fingerprint density at radius 2 is 2.32 bits per heavy atom. The van der Waals surface area contributed by atoms with Gasteiger partial charge in [-0.2, -0.15) is 0 Å². The highest BCUT2D eigenvalue weighted by molar-refractivity contribution is 5.99. The Labute approximate surface area is 114 Å². The predicted octanol–water partition coefficient (Wildman–Crippen LogP) is 2.02. The van der Waals surface area contributed by atoms with E-state index in [2.05, 4.69) is 12.2 Å². The van der Waals surface area contributed by atoms with Crippen molar-refractivity contribution in [2.24, 2.45) is 0 Å². The van der Waals surface area contributed by atoms with Crippen molar-refractivity contribution in [3.8, 4) is 0 Å². The topological polar surface area (TPSA) is 52.6 Å². The number of likely N-dealkylation sites (tertiary alicyclic amines) is 1. The van der Waals surface area contributed by atoms with Crippen LogP contribution in [0.25, 0.3) is 0 Å². The third-order valence-electron chi connectivity index (χ3n) is 3.42. The Hall–Kier alpha value is -1.55. The van der Waals surface area contributed by atoms with E-state index in [1.165, 1.54) is 0 Å². The van der Waals surface area contributed by atoms with Crippen LogP contribution in [0.2, 0.25) is 0 Å². The molecule has 0 saturated carbocycles. The number of aryl methyl sites for hydroxylation is 1. The lowest BCUT2D eigenvalue weighted by atomic mass is 10.1. The molecule has 1 aliphatic rings. The molecule has 1 heterocycles. The maximum atomic E-state index is 12.5. The van der Waals surface area contributed by atoms with Crippen molar-refractivity contribution in [2.45, 2.75) is 32.8 Å². The maximum absolute atomic E-state index is 12.5. The number of carbonyl (C=O) groups excluding carboxylic acids is 1. The lowest BCUT2D eigenvalue weighted by Gasteiger charge is -2.19. The number of carbonyl (C=O) groups is 1. The highest BCUT2D eigenvalue weighted by Gasteiger charge is 2.26. The SMILES string of the molecule is CCCNc1cc(C)ccc1C(=O)N1CCC(O)C1. The first-order valence-electron chi connectivity index (χ1n) is 6.93. The summed E-state index contributed by atoms with van der Waals surface area (Å²) in [4.78, 5) is 14.2. The van der Waals surface area contributed by atoms with Crippen LogP contribution in [0.5, 0.6) is 0 Å². The second kappa shape index (κ2) is 6.06. The molecule has 1 unspecified atom stereocenters. The molecule has 0 aliphatic carbocycles. The first-order chi connectivity index (χ1) is 9.11. The molecule has 1 aromatic rings. The average molecular weight is 262 g/mol.